The van der Waals surface area contributed by atoms with Crippen molar-refractivity contribution in [1.29, 1.82) is 0 Å². The van der Waals surface area contributed by atoms with E-state index in [9.17, 15) is 9.18 Å². The van der Waals surface area contributed by atoms with E-state index in [4.69, 9.17) is 4.74 Å². The first-order valence-corrected chi connectivity index (χ1v) is 9.44. The first-order chi connectivity index (χ1) is 13.2. The lowest BCUT2D eigenvalue weighted by atomic mass is 9.78. The lowest BCUT2D eigenvalue weighted by Crippen LogP contribution is -2.64. The molecule has 0 radical (unpaired) electrons. The molecule has 2 fully saturated rings. The van der Waals surface area contributed by atoms with Gasteiger partial charge in [-0.05, 0) is 37.0 Å². The van der Waals surface area contributed by atoms with Gasteiger partial charge in [0.25, 0.3) is 5.91 Å². The van der Waals surface area contributed by atoms with E-state index in [1.807, 2.05) is 12.1 Å². The molecule has 0 saturated carbocycles. The van der Waals surface area contributed by atoms with Gasteiger partial charge in [0, 0.05) is 56.3 Å². The SMILES string of the molecule is O=C(NCC[C@@H]1CCOC12CN(Cc1ccccc1F)C2)c1ccncc1. The third kappa shape index (κ3) is 3.87. The van der Waals surface area contributed by atoms with Gasteiger partial charge in [-0.3, -0.25) is 14.7 Å². The van der Waals surface area contributed by atoms with Crippen LogP contribution in [0.25, 0.3) is 0 Å². The Kier molecular flexibility index (Phi) is 5.18. The average molecular weight is 369 g/mol. The largest absolute Gasteiger partial charge is 0.372 e. The van der Waals surface area contributed by atoms with Crippen LogP contribution in [0.4, 0.5) is 4.39 Å². The van der Waals surface area contributed by atoms with E-state index in [2.05, 4.69) is 15.2 Å². The van der Waals surface area contributed by atoms with Crippen LogP contribution in [0.5, 0.6) is 0 Å². The van der Waals surface area contributed by atoms with E-state index in [-0.39, 0.29) is 17.3 Å². The van der Waals surface area contributed by atoms with Crippen molar-refractivity contribution < 1.29 is 13.9 Å². The predicted molar refractivity (Wildman–Crippen MR) is 99.7 cm³/mol. The molecule has 0 bridgehead atoms. The van der Waals surface area contributed by atoms with Gasteiger partial charge in [0.15, 0.2) is 0 Å². The second-order valence-electron chi connectivity index (χ2n) is 7.42. The minimum absolute atomic E-state index is 0.0693. The Hall–Kier alpha value is -2.31. The Bertz CT molecular complexity index is 793. The van der Waals surface area contributed by atoms with Gasteiger partial charge in [-0.25, -0.2) is 4.39 Å². The minimum atomic E-state index is -0.152. The highest BCUT2D eigenvalue weighted by molar-refractivity contribution is 5.93. The fourth-order valence-corrected chi connectivity index (χ4v) is 4.20. The third-order valence-electron chi connectivity index (χ3n) is 5.65. The van der Waals surface area contributed by atoms with Crippen molar-refractivity contribution in [1.82, 2.24) is 15.2 Å². The molecule has 2 aliphatic rings. The zero-order valence-corrected chi connectivity index (χ0v) is 15.2. The van der Waals surface area contributed by atoms with Crippen LogP contribution in [0.15, 0.2) is 48.8 Å². The fraction of sp³-hybridized carbons (Fsp3) is 0.429. The summed E-state index contributed by atoms with van der Waals surface area (Å²) in [5, 5.41) is 2.98. The number of halogens is 1. The number of ether oxygens (including phenoxy) is 1. The first-order valence-electron chi connectivity index (χ1n) is 9.44. The zero-order chi connectivity index (χ0) is 18.7. The molecule has 2 aliphatic heterocycles. The summed E-state index contributed by atoms with van der Waals surface area (Å²) in [5.74, 6) is 0.202. The van der Waals surface area contributed by atoms with Crippen molar-refractivity contribution in [2.24, 2.45) is 5.92 Å². The zero-order valence-electron chi connectivity index (χ0n) is 15.2. The quantitative estimate of drug-likeness (QED) is 0.851. The number of likely N-dealkylation sites (tertiary alicyclic amines) is 1. The van der Waals surface area contributed by atoms with Crippen molar-refractivity contribution in [3.05, 3.63) is 65.7 Å². The van der Waals surface area contributed by atoms with Gasteiger partial charge in [-0.1, -0.05) is 18.2 Å². The number of aromatic nitrogens is 1. The van der Waals surface area contributed by atoms with Crippen LogP contribution in [0.1, 0.15) is 28.8 Å². The van der Waals surface area contributed by atoms with Crippen LogP contribution < -0.4 is 5.32 Å². The lowest BCUT2D eigenvalue weighted by molar-refractivity contribution is -0.137. The van der Waals surface area contributed by atoms with E-state index in [1.165, 1.54) is 6.07 Å². The number of benzene rings is 1. The van der Waals surface area contributed by atoms with Crippen LogP contribution in [-0.2, 0) is 11.3 Å². The molecule has 27 heavy (non-hydrogen) atoms. The second-order valence-corrected chi connectivity index (χ2v) is 7.42. The van der Waals surface area contributed by atoms with Crippen molar-refractivity contribution in [3.63, 3.8) is 0 Å². The molecule has 2 saturated heterocycles. The molecular formula is C21H24FN3O2. The Morgan fingerprint density at radius 3 is 2.81 bits per heavy atom. The normalized spacial score (nSPS) is 21.1. The number of carbonyl (C=O) groups excluding carboxylic acids is 1. The molecule has 142 valence electrons. The monoisotopic (exact) mass is 369 g/mol. The van der Waals surface area contributed by atoms with E-state index in [1.54, 1.807) is 30.6 Å². The van der Waals surface area contributed by atoms with Gasteiger partial charge < -0.3 is 10.1 Å². The molecule has 6 heteroatoms. The van der Waals surface area contributed by atoms with Crippen LogP contribution in [-0.4, -0.2) is 47.6 Å². The van der Waals surface area contributed by atoms with Gasteiger partial charge in [-0.2, -0.15) is 0 Å². The van der Waals surface area contributed by atoms with Crippen molar-refractivity contribution in [3.8, 4) is 0 Å². The average Bonchev–Trinajstić information content (AvgIpc) is 3.08. The molecule has 4 rings (SSSR count). The van der Waals surface area contributed by atoms with Crippen molar-refractivity contribution in [2.75, 3.05) is 26.2 Å². The third-order valence-corrected chi connectivity index (χ3v) is 5.65. The predicted octanol–water partition coefficient (Wildman–Crippen LogP) is 2.63. The maximum Gasteiger partial charge on any atom is 0.251 e. The van der Waals surface area contributed by atoms with E-state index >= 15 is 0 Å². The Morgan fingerprint density at radius 1 is 1.26 bits per heavy atom. The smallest absolute Gasteiger partial charge is 0.251 e. The molecule has 2 aromatic rings. The minimum Gasteiger partial charge on any atom is -0.372 e. The molecule has 5 nitrogen and oxygen atoms in total. The summed E-state index contributed by atoms with van der Waals surface area (Å²) in [6.45, 7) is 3.65. The lowest BCUT2D eigenvalue weighted by Gasteiger charge is -2.50. The van der Waals surface area contributed by atoms with Gasteiger partial charge >= 0.3 is 0 Å². The number of pyridine rings is 1. The van der Waals surface area contributed by atoms with Crippen LogP contribution >= 0.6 is 0 Å². The molecule has 1 N–H and O–H groups in total. The summed E-state index contributed by atoms with van der Waals surface area (Å²) < 4.78 is 19.9. The van der Waals surface area contributed by atoms with Crippen LogP contribution in [0, 0.1) is 11.7 Å². The number of nitrogens with one attached hydrogen (secondary N) is 1. The van der Waals surface area contributed by atoms with Gasteiger partial charge in [0.1, 0.15) is 5.82 Å². The summed E-state index contributed by atoms with van der Waals surface area (Å²) in [6.07, 6.45) is 5.14. The highest BCUT2D eigenvalue weighted by Crippen LogP contribution is 2.42. The van der Waals surface area contributed by atoms with Gasteiger partial charge in [-0.15, -0.1) is 0 Å². The Labute approximate surface area is 158 Å². The molecule has 1 spiro atoms. The first kappa shape index (κ1) is 18.1. The molecule has 0 aliphatic carbocycles. The van der Waals surface area contributed by atoms with Crippen molar-refractivity contribution in [2.45, 2.75) is 25.0 Å². The summed E-state index contributed by atoms with van der Waals surface area (Å²) >= 11 is 0. The summed E-state index contributed by atoms with van der Waals surface area (Å²) in [7, 11) is 0. The van der Waals surface area contributed by atoms with Gasteiger partial charge in [0.2, 0.25) is 0 Å². The number of hydrogen-bond acceptors (Lipinski definition) is 4. The number of amides is 1. The molecule has 1 amide bonds. The summed E-state index contributed by atoms with van der Waals surface area (Å²) in [4.78, 5) is 18.3. The summed E-state index contributed by atoms with van der Waals surface area (Å²) in [6, 6.07) is 10.3. The number of hydrogen-bond donors (Lipinski definition) is 1. The van der Waals surface area contributed by atoms with Crippen molar-refractivity contribution >= 4 is 5.91 Å². The number of carbonyl (C=O) groups is 1. The molecular weight excluding hydrogens is 345 g/mol. The summed E-state index contributed by atoms with van der Waals surface area (Å²) in [5.41, 5.74) is 1.22. The molecule has 1 aromatic heterocycles. The molecule has 3 heterocycles. The highest BCUT2D eigenvalue weighted by Gasteiger charge is 2.52. The molecule has 1 aromatic carbocycles. The number of nitrogens with zero attached hydrogens (tertiary/aromatic N) is 2. The fourth-order valence-electron chi connectivity index (χ4n) is 4.20. The second kappa shape index (κ2) is 7.74. The van der Waals surface area contributed by atoms with Crippen LogP contribution in [0.3, 0.4) is 0 Å². The molecule has 0 unspecified atom stereocenters. The Balaban J connectivity index is 1.26. The van der Waals surface area contributed by atoms with E-state index in [0.717, 1.165) is 38.1 Å². The van der Waals surface area contributed by atoms with E-state index in [0.29, 0.717) is 24.6 Å². The Morgan fingerprint density at radius 2 is 2.04 bits per heavy atom. The highest BCUT2D eigenvalue weighted by atomic mass is 19.1. The molecule has 1 atom stereocenters. The number of rotatable bonds is 6. The van der Waals surface area contributed by atoms with E-state index < -0.39 is 0 Å². The standard InChI is InChI=1S/C21H24FN3O2/c22-19-4-2-1-3-17(19)13-25-14-21(15-25)18(8-12-27-21)7-11-24-20(26)16-5-9-23-10-6-16/h1-6,9-10,18H,7-8,11-15H2,(H,24,26)/t18-/m1/s1. The topological polar surface area (TPSA) is 54.5 Å². The maximum absolute atomic E-state index is 13.8. The van der Waals surface area contributed by atoms with Gasteiger partial charge in [0.05, 0.1) is 5.60 Å². The van der Waals surface area contributed by atoms with Crippen LogP contribution in [0.2, 0.25) is 0 Å². The maximum atomic E-state index is 13.8.